The minimum atomic E-state index is -1.27. The molecular formula is C21H30N6O7. The summed E-state index contributed by atoms with van der Waals surface area (Å²) < 4.78 is 10.1. The molecule has 34 heavy (non-hydrogen) atoms. The van der Waals surface area contributed by atoms with E-state index in [0.717, 1.165) is 4.57 Å². The SMILES string of the molecule is Cn1c(=O)c2c(ncn2[C@@H]2COC3(CCN(C(=O)[C@@H](N)CC(=O)O)CC3)C[C@@]2(C)O)n(C)c1=O. The minimum absolute atomic E-state index is 0.108. The van der Waals surface area contributed by atoms with Crippen LogP contribution in [0.25, 0.3) is 11.2 Å². The molecule has 2 aliphatic rings. The summed E-state index contributed by atoms with van der Waals surface area (Å²) in [6, 6.07) is -1.71. The van der Waals surface area contributed by atoms with E-state index in [1.54, 1.807) is 11.5 Å². The van der Waals surface area contributed by atoms with Crippen LogP contribution in [-0.4, -0.2) is 82.6 Å². The third kappa shape index (κ3) is 3.93. The molecule has 2 aromatic rings. The number of aryl methyl sites for hydroxylation is 1. The van der Waals surface area contributed by atoms with Crippen LogP contribution in [-0.2, 0) is 28.4 Å². The molecule has 0 aromatic carbocycles. The van der Waals surface area contributed by atoms with E-state index in [-0.39, 0.29) is 24.2 Å². The third-order valence-electron chi connectivity index (χ3n) is 7.15. The molecule has 4 heterocycles. The van der Waals surface area contributed by atoms with Gasteiger partial charge in [-0.3, -0.25) is 23.5 Å². The monoisotopic (exact) mass is 478 g/mol. The number of piperidine rings is 1. The topological polar surface area (TPSA) is 175 Å². The van der Waals surface area contributed by atoms with Crippen LogP contribution in [0.4, 0.5) is 0 Å². The van der Waals surface area contributed by atoms with E-state index in [2.05, 4.69) is 4.98 Å². The van der Waals surface area contributed by atoms with Gasteiger partial charge in [-0.1, -0.05) is 0 Å². The number of likely N-dealkylation sites (tertiary alicyclic amines) is 1. The Kier molecular flexibility index (Phi) is 5.90. The lowest BCUT2D eigenvalue weighted by atomic mass is 9.75. The lowest BCUT2D eigenvalue weighted by Gasteiger charge is -2.51. The lowest BCUT2D eigenvalue weighted by molar-refractivity contribution is -0.197. The Morgan fingerprint density at radius 2 is 1.91 bits per heavy atom. The van der Waals surface area contributed by atoms with Crippen LogP contribution in [0, 0.1) is 0 Å². The van der Waals surface area contributed by atoms with Crippen molar-refractivity contribution in [1.82, 2.24) is 23.6 Å². The van der Waals surface area contributed by atoms with Gasteiger partial charge in [-0.2, -0.15) is 0 Å². The number of nitrogens with two attached hydrogens (primary N) is 1. The van der Waals surface area contributed by atoms with E-state index in [1.165, 1.54) is 29.9 Å². The first-order chi connectivity index (χ1) is 15.9. The van der Waals surface area contributed by atoms with Crippen molar-refractivity contribution in [2.24, 2.45) is 19.8 Å². The van der Waals surface area contributed by atoms with E-state index in [4.69, 9.17) is 15.6 Å². The number of amides is 1. The van der Waals surface area contributed by atoms with Crippen LogP contribution in [0.3, 0.4) is 0 Å². The van der Waals surface area contributed by atoms with Crippen LogP contribution in [0.15, 0.2) is 15.9 Å². The summed E-state index contributed by atoms with van der Waals surface area (Å²) in [5.41, 5.74) is 3.24. The average Bonchev–Trinajstić information content (AvgIpc) is 3.20. The zero-order valence-corrected chi connectivity index (χ0v) is 19.4. The number of carbonyl (C=O) groups excluding carboxylic acids is 1. The first-order valence-electron chi connectivity index (χ1n) is 11.1. The highest BCUT2D eigenvalue weighted by atomic mass is 16.5. The number of nitrogens with zero attached hydrogens (tertiary/aromatic N) is 5. The molecule has 0 aliphatic carbocycles. The van der Waals surface area contributed by atoms with Gasteiger partial charge in [-0.05, 0) is 19.8 Å². The Morgan fingerprint density at radius 3 is 2.50 bits per heavy atom. The van der Waals surface area contributed by atoms with Crippen LogP contribution in [0.5, 0.6) is 0 Å². The lowest BCUT2D eigenvalue weighted by Crippen LogP contribution is -2.59. The minimum Gasteiger partial charge on any atom is -0.481 e. The number of hydrogen-bond donors (Lipinski definition) is 3. The van der Waals surface area contributed by atoms with E-state index >= 15 is 0 Å². The molecule has 1 amide bonds. The fourth-order valence-corrected chi connectivity index (χ4v) is 5.20. The zero-order chi connectivity index (χ0) is 25.0. The van der Waals surface area contributed by atoms with Crippen molar-refractivity contribution in [2.45, 2.75) is 55.9 Å². The number of hydrogen-bond acceptors (Lipinski definition) is 8. The summed E-state index contributed by atoms with van der Waals surface area (Å²) in [6.07, 6.45) is 2.19. The van der Waals surface area contributed by atoms with Crippen molar-refractivity contribution >= 4 is 23.0 Å². The van der Waals surface area contributed by atoms with E-state index in [0.29, 0.717) is 25.9 Å². The van der Waals surface area contributed by atoms with Gasteiger partial charge in [0.05, 0.1) is 42.6 Å². The molecule has 4 N–H and O–H groups in total. The van der Waals surface area contributed by atoms with Gasteiger partial charge in [-0.25, -0.2) is 9.78 Å². The number of rotatable bonds is 4. The van der Waals surface area contributed by atoms with Gasteiger partial charge < -0.3 is 30.2 Å². The molecule has 0 radical (unpaired) electrons. The highest BCUT2D eigenvalue weighted by molar-refractivity contribution is 5.86. The number of aromatic nitrogens is 4. The highest BCUT2D eigenvalue weighted by Gasteiger charge is 2.50. The maximum atomic E-state index is 12.8. The second-order valence-corrected chi connectivity index (χ2v) is 9.60. The van der Waals surface area contributed by atoms with Crippen molar-refractivity contribution in [3.63, 3.8) is 0 Å². The molecule has 13 nitrogen and oxygen atoms in total. The van der Waals surface area contributed by atoms with Crippen molar-refractivity contribution in [1.29, 1.82) is 0 Å². The Balaban J connectivity index is 1.54. The molecule has 0 unspecified atom stereocenters. The van der Waals surface area contributed by atoms with E-state index in [1.807, 2.05) is 0 Å². The molecule has 0 saturated carbocycles. The van der Waals surface area contributed by atoms with Gasteiger partial charge in [0.2, 0.25) is 5.91 Å². The Bertz CT molecular complexity index is 1250. The van der Waals surface area contributed by atoms with Gasteiger partial charge >= 0.3 is 11.7 Å². The Hall–Kier alpha value is -3.03. The molecule has 2 saturated heterocycles. The molecule has 0 bridgehead atoms. The first-order valence-corrected chi connectivity index (χ1v) is 11.1. The number of carboxylic acids is 1. The number of carbonyl (C=O) groups is 2. The molecule has 13 heteroatoms. The van der Waals surface area contributed by atoms with Gasteiger partial charge in [0.15, 0.2) is 11.2 Å². The summed E-state index contributed by atoms with van der Waals surface area (Å²) in [7, 11) is 2.92. The molecule has 2 fully saturated rings. The standard InChI is InChI=1S/C21H30N6O7/c1-20(33)10-21(4-6-26(7-5-21)17(30)12(22)8-14(28)29)34-9-13(20)27-11-23-16-15(27)18(31)25(3)19(32)24(16)2/h11-13,33H,4-10,22H2,1-3H3,(H,28,29)/t12-,13+,20+/m0/s1. The summed E-state index contributed by atoms with van der Waals surface area (Å²) >= 11 is 0. The normalized spacial score (nSPS) is 25.6. The maximum absolute atomic E-state index is 12.8. The van der Waals surface area contributed by atoms with Gasteiger partial charge in [0.25, 0.3) is 5.56 Å². The molecule has 3 atom stereocenters. The average molecular weight is 479 g/mol. The number of fused-ring (bicyclic) bond motifs is 1. The third-order valence-corrected chi connectivity index (χ3v) is 7.15. The molecule has 2 aliphatic heterocycles. The second-order valence-electron chi connectivity index (χ2n) is 9.60. The quantitative estimate of drug-likeness (QED) is 0.463. The number of aliphatic hydroxyl groups is 1. The van der Waals surface area contributed by atoms with Gasteiger partial charge in [0, 0.05) is 33.6 Å². The van der Waals surface area contributed by atoms with Crippen molar-refractivity contribution in [3.8, 4) is 0 Å². The summed E-state index contributed by atoms with van der Waals surface area (Å²) in [5.74, 6) is -1.54. The zero-order valence-electron chi connectivity index (χ0n) is 19.4. The smallest absolute Gasteiger partial charge is 0.332 e. The van der Waals surface area contributed by atoms with Gasteiger partial charge in [0.1, 0.15) is 0 Å². The number of aliphatic carboxylic acids is 1. The van der Waals surface area contributed by atoms with Crippen LogP contribution in [0.2, 0.25) is 0 Å². The predicted octanol–water partition coefficient (Wildman–Crippen LogP) is -1.69. The second kappa shape index (κ2) is 8.32. The summed E-state index contributed by atoms with van der Waals surface area (Å²) in [5, 5.41) is 20.3. The van der Waals surface area contributed by atoms with Crippen molar-refractivity contribution in [2.75, 3.05) is 19.7 Å². The Morgan fingerprint density at radius 1 is 1.26 bits per heavy atom. The molecule has 2 aromatic heterocycles. The number of imidazole rings is 1. The van der Waals surface area contributed by atoms with Crippen molar-refractivity contribution in [3.05, 3.63) is 27.2 Å². The molecule has 186 valence electrons. The molecule has 4 rings (SSSR count). The van der Waals surface area contributed by atoms with Crippen LogP contribution in [0.1, 0.15) is 38.6 Å². The van der Waals surface area contributed by atoms with E-state index < -0.39 is 52.8 Å². The summed E-state index contributed by atoms with van der Waals surface area (Å²) in [4.78, 5) is 54.1. The fourth-order valence-electron chi connectivity index (χ4n) is 5.20. The van der Waals surface area contributed by atoms with Crippen molar-refractivity contribution < 1.29 is 24.5 Å². The number of ether oxygens (including phenoxy) is 1. The maximum Gasteiger partial charge on any atom is 0.332 e. The first kappa shape index (κ1) is 24.1. The summed E-state index contributed by atoms with van der Waals surface area (Å²) in [6.45, 7) is 2.46. The molecular weight excluding hydrogens is 448 g/mol. The van der Waals surface area contributed by atoms with E-state index in [9.17, 15) is 24.3 Å². The predicted molar refractivity (Wildman–Crippen MR) is 119 cm³/mol. The van der Waals surface area contributed by atoms with Crippen LogP contribution < -0.4 is 17.0 Å². The van der Waals surface area contributed by atoms with Gasteiger partial charge in [-0.15, -0.1) is 0 Å². The van der Waals surface area contributed by atoms with Crippen LogP contribution >= 0.6 is 0 Å². The number of carboxylic acid groups (broad SMARTS) is 1. The fraction of sp³-hybridized carbons (Fsp3) is 0.667. The largest absolute Gasteiger partial charge is 0.481 e. The molecule has 1 spiro atoms. The highest BCUT2D eigenvalue weighted by Crippen LogP contribution is 2.44. The Labute approximate surface area is 194 Å².